The Labute approximate surface area is 145 Å². The Morgan fingerprint density at radius 3 is 2.52 bits per heavy atom. The summed E-state index contributed by atoms with van der Waals surface area (Å²) in [5.74, 6) is -1.29. The summed E-state index contributed by atoms with van der Waals surface area (Å²) in [6, 6.07) is 5.99. The summed E-state index contributed by atoms with van der Waals surface area (Å²) in [4.78, 5) is 25.1. The summed E-state index contributed by atoms with van der Waals surface area (Å²) in [5, 5.41) is 9.87. The van der Waals surface area contributed by atoms with Crippen LogP contribution in [0, 0.1) is 11.8 Å². The Morgan fingerprint density at radius 2 is 2.00 bits per heavy atom. The number of aliphatic hydroxyl groups is 1. The minimum atomic E-state index is -1.12. The Morgan fingerprint density at radius 1 is 1.36 bits per heavy atom. The van der Waals surface area contributed by atoms with E-state index in [0.717, 1.165) is 12.2 Å². The summed E-state index contributed by atoms with van der Waals surface area (Å²) >= 11 is 0. The van der Waals surface area contributed by atoms with Crippen molar-refractivity contribution in [1.82, 2.24) is 5.12 Å². The topological polar surface area (TPSA) is 96.1 Å². The molecule has 25 heavy (non-hydrogen) atoms. The smallest absolute Gasteiger partial charge is 0.439 e. The molecule has 2 heterocycles. The third-order valence-electron chi connectivity index (χ3n) is 5.08. The van der Waals surface area contributed by atoms with Crippen LogP contribution in [0.3, 0.4) is 0 Å². The fraction of sp³-hybridized carbons (Fsp3) is 0.529. The van der Waals surface area contributed by atoms with Crippen molar-refractivity contribution in [2.75, 3.05) is 18.0 Å². The number of nitrogens with zero attached hydrogens (tertiary/aromatic N) is 2. The molecule has 0 aliphatic carbocycles. The van der Waals surface area contributed by atoms with Crippen LogP contribution in [-0.4, -0.2) is 47.5 Å². The van der Waals surface area contributed by atoms with Gasteiger partial charge >= 0.3 is 6.09 Å². The van der Waals surface area contributed by atoms with Gasteiger partial charge in [-0.2, -0.15) is 0 Å². The van der Waals surface area contributed by atoms with Gasteiger partial charge in [0, 0.05) is 24.7 Å². The maximum absolute atomic E-state index is 14.2. The third kappa shape index (κ3) is 3.13. The number of nitrogens with two attached hydrogens (primary N) is 1. The lowest BCUT2D eigenvalue weighted by molar-refractivity contribution is -0.124. The average Bonchev–Trinajstić information content (AvgIpc) is 3.07. The monoisotopic (exact) mass is 351 g/mol. The predicted octanol–water partition coefficient (Wildman–Crippen LogP) is 1.37. The number of carbonyl (C=O) groups excluding carboxylic acids is 2. The molecule has 1 aromatic rings. The van der Waals surface area contributed by atoms with E-state index in [-0.39, 0.29) is 17.1 Å². The average molecular weight is 351 g/mol. The second kappa shape index (κ2) is 6.51. The van der Waals surface area contributed by atoms with Crippen molar-refractivity contribution in [3.63, 3.8) is 0 Å². The second-order valence-corrected chi connectivity index (χ2v) is 6.84. The molecule has 2 fully saturated rings. The summed E-state index contributed by atoms with van der Waals surface area (Å²) in [7, 11) is 0. The van der Waals surface area contributed by atoms with E-state index in [9.17, 15) is 19.2 Å². The van der Waals surface area contributed by atoms with Gasteiger partial charge in [0.05, 0.1) is 12.0 Å². The van der Waals surface area contributed by atoms with Gasteiger partial charge in [0.2, 0.25) is 5.91 Å². The van der Waals surface area contributed by atoms with Crippen molar-refractivity contribution in [1.29, 1.82) is 0 Å². The zero-order valence-corrected chi connectivity index (χ0v) is 14.1. The highest BCUT2D eigenvalue weighted by Crippen LogP contribution is 2.38. The highest BCUT2D eigenvalue weighted by atomic mass is 19.2. The number of anilines is 1. The van der Waals surface area contributed by atoms with E-state index in [1.165, 1.54) is 6.92 Å². The number of benzene rings is 1. The van der Waals surface area contributed by atoms with Gasteiger partial charge in [-0.3, -0.25) is 4.79 Å². The zero-order valence-electron chi connectivity index (χ0n) is 14.1. The number of aliphatic hydroxyl groups excluding tert-OH is 1. The number of rotatable bonds is 4. The molecule has 0 spiro atoms. The lowest BCUT2D eigenvalue weighted by Gasteiger charge is -2.23. The van der Waals surface area contributed by atoms with Crippen LogP contribution in [0.1, 0.15) is 25.5 Å². The number of hydrogen-bond donors (Lipinski definition) is 2. The van der Waals surface area contributed by atoms with E-state index in [1.807, 2.05) is 24.0 Å². The van der Waals surface area contributed by atoms with E-state index in [4.69, 9.17) is 10.5 Å². The van der Waals surface area contributed by atoms with Crippen molar-refractivity contribution in [3.05, 3.63) is 29.8 Å². The van der Waals surface area contributed by atoms with Gasteiger partial charge in [-0.05, 0) is 24.6 Å². The maximum atomic E-state index is 14.2. The number of primary amides is 1. The Kier molecular flexibility index (Phi) is 4.55. The van der Waals surface area contributed by atoms with Gasteiger partial charge in [0.1, 0.15) is 12.1 Å². The molecule has 0 bridgehead atoms. The van der Waals surface area contributed by atoms with Crippen molar-refractivity contribution in [2.24, 2.45) is 17.6 Å². The maximum Gasteiger partial charge on any atom is 0.439 e. The number of hydrogen-bond acceptors (Lipinski definition) is 5. The minimum absolute atomic E-state index is 0.000790. The fourth-order valence-corrected chi connectivity index (χ4v) is 3.37. The fourth-order valence-electron chi connectivity index (χ4n) is 3.37. The molecule has 0 saturated carbocycles. The first-order valence-electron chi connectivity index (χ1n) is 8.27. The van der Waals surface area contributed by atoms with E-state index >= 15 is 0 Å². The normalized spacial score (nSPS) is 30.5. The van der Waals surface area contributed by atoms with Crippen LogP contribution < -0.4 is 10.6 Å². The van der Waals surface area contributed by atoms with Crippen LogP contribution in [0.4, 0.5) is 15.0 Å². The van der Waals surface area contributed by atoms with Crippen molar-refractivity contribution in [2.45, 2.75) is 32.1 Å². The molecule has 2 aliphatic heterocycles. The Bertz CT molecular complexity index is 658. The van der Waals surface area contributed by atoms with Crippen LogP contribution in [0.2, 0.25) is 0 Å². The molecule has 0 radical (unpaired) electrons. The number of carbonyl (C=O) groups is 2. The van der Waals surface area contributed by atoms with Crippen LogP contribution in [-0.2, 0) is 9.53 Å². The van der Waals surface area contributed by atoms with Gasteiger partial charge in [0.15, 0.2) is 0 Å². The molecule has 5 atom stereocenters. The number of cyclic esters (lactones) is 1. The van der Waals surface area contributed by atoms with E-state index in [2.05, 4.69) is 0 Å². The van der Waals surface area contributed by atoms with E-state index < -0.39 is 30.1 Å². The molecule has 8 heteroatoms. The highest BCUT2D eigenvalue weighted by Gasteiger charge is 2.47. The summed E-state index contributed by atoms with van der Waals surface area (Å²) < 4.78 is 19.2. The molecule has 136 valence electrons. The highest BCUT2D eigenvalue weighted by molar-refractivity contribution is 5.79. The number of halogens is 1. The molecule has 3 N–H and O–H groups in total. The first-order valence-corrected chi connectivity index (χ1v) is 8.27. The predicted molar refractivity (Wildman–Crippen MR) is 88.1 cm³/mol. The standard InChI is InChI=1S/C17H22FN3O4/c1-9-7-20(8-13(9)22)12-5-3-11(4-6-12)14-15(10(2)16(19)23)25-17(24)21(14)18/h3-6,9-10,13-15,22H,7-8H2,1-2H3,(H2,19,23). The molecule has 1 aromatic carbocycles. The first-order chi connectivity index (χ1) is 11.8. The molecule has 2 saturated heterocycles. The largest absolute Gasteiger partial charge is 0.441 e. The minimum Gasteiger partial charge on any atom is -0.441 e. The number of β-amino-alcohol motifs (C(OH)–C–C–N with tert-alkyl or cyclic N) is 1. The molecule has 3 rings (SSSR count). The summed E-state index contributed by atoms with van der Waals surface area (Å²) in [5.41, 5.74) is 6.70. The van der Waals surface area contributed by atoms with Crippen molar-refractivity contribution in [3.8, 4) is 0 Å². The van der Waals surface area contributed by atoms with Crippen molar-refractivity contribution >= 4 is 17.7 Å². The second-order valence-electron chi connectivity index (χ2n) is 6.84. The van der Waals surface area contributed by atoms with Gasteiger partial charge in [0.25, 0.3) is 0 Å². The molecular formula is C17H22FN3O4. The van der Waals surface area contributed by atoms with Gasteiger partial charge in [-0.15, -0.1) is 5.12 Å². The molecule has 2 aliphatic rings. The zero-order chi connectivity index (χ0) is 18.3. The van der Waals surface area contributed by atoms with Gasteiger partial charge < -0.3 is 20.5 Å². The van der Waals surface area contributed by atoms with Gasteiger partial charge in [-0.1, -0.05) is 23.5 Å². The molecule has 5 unspecified atom stereocenters. The van der Waals surface area contributed by atoms with E-state index in [0.29, 0.717) is 12.1 Å². The van der Waals surface area contributed by atoms with Crippen LogP contribution in [0.25, 0.3) is 0 Å². The lowest BCUT2D eigenvalue weighted by atomic mass is 9.92. The lowest BCUT2D eigenvalue weighted by Crippen LogP contribution is -2.35. The molecule has 7 nitrogen and oxygen atoms in total. The Hall–Kier alpha value is -2.35. The SMILES string of the molecule is CC1CN(c2ccc(C3C(C(C)C(N)=O)OC(=O)N3F)cc2)CC1O. The number of ether oxygens (including phenoxy) is 1. The van der Waals surface area contributed by atoms with Crippen LogP contribution in [0.5, 0.6) is 0 Å². The molecule has 2 amide bonds. The van der Waals surface area contributed by atoms with Crippen LogP contribution >= 0.6 is 0 Å². The van der Waals surface area contributed by atoms with Crippen LogP contribution in [0.15, 0.2) is 24.3 Å². The summed E-state index contributed by atoms with van der Waals surface area (Å²) in [6.07, 6.45) is -2.47. The van der Waals surface area contributed by atoms with E-state index in [1.54, 1.807) is 12.1 Å². The number of amides is 2. The molecule has 0 aromatic heterocycles. The first kappa shape index (κ1) is 17.5. The molecular weight excluding hydrogens is 329 g/mol. The summed E-state index contributed by atoms with van der Waals surface area (Å²) in [6.45, 7) is 4.77. The Balaban J connectivity index is 1.82. The van der Waals surface area contributed by atoms with Crippen molar-refractivity contribution < 1.29 is 23.9 Å². The quantitative estimate of drug-likeness (QED) is 0.799. The van der Waals surface area contributed by atoms with Gasteiger partial charge in [-0.25, -0.2) is 4.79 Å². The third-order valence-corrected chi connectivity index (χ3v) is 5.08.